The van der Waals surface area contributed by atoms with E-state index in [1.807, 2.05) is 6.07 Å². The van der Waals surface area contributed by atoms with Crippen molar-refractivity contribution in [2.24, 2.45) is 0 Å². The van der Waals surface area contributed by atoms with Gasteiger partial charge in [0.15, 0.2) is 0 Å². The van der Waals surface area contributed by atoms with Crippen molar-refractivity contribution in [3.8, 4) is 11.1 Å². The second-order valence-electron chi connectivity index (χ2n) is 4.75. The first-order valence-corrected chi connectivity index (χ1v) is 7.03. The summed E-state index contributed by atoms with van der Waals surface area (Å²) in [5.41, 5.74) is 3.83. The van der Waals surface area contributed by atoms with Crippen LogP contribution in [0.2, 0.25) is 0 Å². The standard InChI is InChI=1S/C16H18BrN/c1-12(2)18-11-13-5-3-6-14(9-13)15-7-4-8-16(17)10-15/h3-10,12,18H,11H2,1-2H3. The second kappa shape index (κ2) is 6.17. The number of halogens is 1. The van der Waals surface area contributed by atoms with E-state index in [2.05, 4.69) is 77.6 Å². The highest BCUT2D eigenvalue weighted by Gasteiger charge is 2.00. The third-order valence-electron chi connectivity index (χ3n) is 2.80. The summed E-state index contributed by atoms with van der Waals surface area (Å²) in [6, 6.07) is 17.6. The van der Waals surface area contributed by atoms with Crippen molar-refractivity contribution >= 4 is 15.9 Å². The van der Waals surface area contributed by atoms with Crippen LogP contribution in [0.25, 0.3) is 11.1 Å². The highest BCUT2D eigenvalue weighted by atomic mass is 79.9. The Morgan fingerprint density at radius 2 is 1.67 bits per heavy atom. The molecule has 18 heavy (non-hydrogen) atoms. The summed E-state index contributed by atoms with van der Waals surface area (Å²) in [4.78, 5) is 0. The average molecular weight is 304 g/mol. The van der Waals surface area contributed by atoms with Crippen molar-refractivity contribution < 1.29 is 0 Å². The van der Waals surface area contributed by atoms with Crippen LogP contribution in [0.1, 0.15) is 19.4 Å². The van der Waals surface area contributed by atoms with Gasteiger partial charge < -0.3 is 5.32 Å². The molecule has 0 aromatic heterocycles. The minimum atomic E-state index is 0.513. The third-order valence-corrected chi connectivity index (χ3v) is 3.29. The second-order valence-corrected chi connectivity index (χ2v) is 5.66. The van der Waals surface area contributed by atoms with Crippen LogP contribution < -0.4 is 5.32 Å². The van der Waals surface area contributed by atoms with Gasteiger partial charge in [0, 0.05) is 17.1 Å². The molecule has 2 heteroatoms. The van der Waals surface area contributed by atoms with Crippen LogP contribution in [0.5, 0.6) is 0 Å². The van der Waals surface area contributed by atoms with Crippen LogP contribution >= 0.6 is 15.9 Å². The van der Waals surface area contributed by atoms with Gasteiger partial charge in [0.25, 0.3) is 0 Å². The molecule has 0 spiro atoms. The molecule has 0 bridgehead atoms. The van der Waals surface area contributed by atoms with Crippen LogP contribution in [0.4, 0.5) is 0 Å². The molecule has 2 aromatic rings. The van der Waals surface area contributed by atoms with Gasteiger partial charge in [-0.1, -0.05) is 60.1 Å². The van der Waals surface area contributed by atoms with E-state index < -0.39 is 0 Å². The Morgan fingerprint density at radius 1 is 1.00 bits per heavy atom. The minimum absolute atomic E-state index is 0.513. The van der Waals surface area contributed by atoms with E-state index in [4.69, 9.17) is 0 Å². The maximum atomic E-state index is 3.52. The molecule has 1 N–H and O–H groups in total. The molecule has 0 fully saturated rings. The fraction of sp³-hybridized carbons (Fsp3) is 0.250. The van der Waals surface area contributed by atoms with Gasteiger partial charge in [0.1, 0.15) is 0 Å². The van der Waals surface area contributed by atoms with E-state index in [0.29, 0.717) is 6.04 Å². The van der Waals surface area contributed by atoms with Crippen molar-refractivity contribution in [1.29, 1.82) is 0 Å². The van der Waals surface area contributed by atoms with E-state index in [9.17, 15) is 0 Å². The summed E-state index contributed by atoms with van der Waals surface area (Å²) in [5, 5.41) is 3.44. The Labute approximate surface area is 117 Å². The number of nitrogens with one attached hydrogen (secondary N) is 1. The molecule has 1 nitrogen and oxygen atoms in total. The lowest BCUT2D eigenvalue weighted by Gasteiger charge is -2.09. The molecule has 0 heterocycles. The van der Waals surface area contributed by atoms with E-state index in [0.717, 1.165) is 11.0 Å². The molecular weight excluding hydrogens is 286 g/mol. The highest BCUT2D eigenvalue weighted by Crippen LogP contribution is 2.23. The van der Waals surface area contributed by atoms with Crippen molar-refractivity contribution in [3.63, 3.8) is 0 Å². The van der Waals surface area contributed by atoms with E-state index >= 15 is 0 Å². The van der Waals surface area contributed by atoms with Crippen molar-refractivity contribution in [2.45, 2.75) is 26.4 Å². The van der Waals surface area contributed by atoms with Crippen molar-refractivity contribution in [2.75, 3.05) is 0 Å². The van der Waals surface area contributed by atoms with E-state index in [1.165, 1.54) is 16.7 Å². The lowest BCUT2D eigenvalue weighted by molar-refractivity contribution is 0.589. The molecule has 0 aliphatic rings. The van der Waals surface area contributed by atoms with Gasteiger partial charge in [0.05, 0.1) is 0 Å². The van der Waals surface area contributed by atoms with Crippen molar-refractivity contribution in [1.82, 2.24) is 5.32 Å². The summed E-state index contributed by atoms with van der Waals surface area (Å²) in [6.07, 6.45) is 0. The maximum Gasteiger partial charge on any atom is 0.0208 e. The van der Waals surface area contributed by atoms with E-state index in [-0.39, 0.29) is 0 Å². The SMILES string of the molecule is CC(C)NCc1cccc(-c2cccc(Br)c2)c1. The normalized spacial score (nSPS) is 10.9. The van der Waals surface area contributed by atoms with Gasteiger partial charge in [-0.15, -0.1) is 0 Å². The topological polar surface area (TPSA) is 12.0 Å². The van der Waals surface area contributed by atoms with Crippen LogP contribution in [0.3, 0.4) is 0 Å². The van der Waals surface area contributed by atoms with Gasteiger partial charge in [0.2, 0.25) is 0 Å². The molecule has 0 saturated carbocycles. The smallest absolute Gasteiger partial charge is 0.0208 e. The molecule has 2 aromatic carbocycles. The molecule has 0 atom stereocenters. The molecule has 2 rings (SSSR count). The number of hydrogen-bond donors (Lipinski definition) is 1. The zero-order valence-electron chi connectivity index (χ0n) is 10.8. The number of rotatable bonds is 4. The fourth-order valence-corrected chi connectivity index (χ4v) is 2.25. The van der Waals surface area contributed by atoms with Gasteiger partial charge in [-0.3, -0.25) is 0 Å². The van der Waals surface area contributed by atoms with Gasteiger partial charge in [-0.05, 0) is 34.9 Å². The molecule has 0 aliphatic carbocycles. The third kappa shape index (κ3) is 3.69. The Morgan fingerprint density at radius 3 is 2.33 bits per heavy atom. The monoisotopic (exact) mass is 303 g/mol. The summed E-state index contributed by atoms with van der Waals surface area (Å²) in [7, 11) is 0. The number of hydrogen-bond acceptors (Lipinski definition) is 1. The first kappa shape index (κ1) is 13.3. The Bertz CT molecular complexity index is 520. The molecule has 0 radical (unpaired) electrons. The van der Waals surface area contributed by atoms with E-state index in [1.54, 1.807) is 0 Å². The molecule has 0 amide bonds. The summed E-state index contributed by atoms with van der Waals surface area (Å²) < 4.78 is 1.12. The maximum absolute atomic E-state index is 3.52. The van der Waals surface area contributed by atoms with Gasteiger partial charge in [-0.25, -0.2) is 0 Å². The first-order valence-electron chi connectivity index (χ1n) is 6.23. The largest absolute Gasteiger partial charge is 0.310 e. The van der Waals surface area contributed by atoms with Crippen LogP contribution in [0.15, 0.2) is 53.0 Å². The Hall–Kier alpha value is -1.12. The average Bonchev–Trinajstić information content (AvgIpc) is 2.37. The van der Waals surface area contributed by atoms with Gasteiger partial charge >= 0.3 is 0 Å². The summed E-state index contributed by atoms with van der Waals surface area (Å²) >= 11 is 3.52. The fourth-order valence-electron chi connectivity index (χ4n) is 1.85. The molecule has 0 aliphatic heterocycles. The van der Waals surface area contributed by atoms with Crippen LogP contribution in [-0.4, -0.2) is 6.04 Å². The molecular formula is C16H18BrN. The quantitative estimate of drug-likeness (QED) is 0.869. The summed E-state index contributed by atoms with van der Waals surface area (Å²) in [5.74, 6) is 0. The highest BCUT2D eigenvalue weighted by molar-refractivity contribution is 9.10. The Kier molecular flexibility index (Phi) is 4.56. The van der Waals surface area contributed by atoms with Crippen LogP contribution in [0, 0.1) is 0 Å². The molecule has 94 valence electrons. The zero-order chi connectivity index (χ0) is 13.0. The number of benzene rings is 2. The lowest BCUT2D eigenvalue weighted by atomic mass is 10.0. The lowest BCUT2D eigenvalue weighted by Crippen LogP contribution is -2.21. The zero-order valence-corrected chi connectivity index (χ0v) is 12.4. The van der Waals surface area contributed by atoms with Gasteiger partial charge in [-0.2, -0.15) is 0 Å². The molecule has 0 unspecified atom stereocenters. The van der Waals surface area contributed by atoms with Crippen molar-refractivity contribution in [3.05, 3.63) is 58.6 Å². The first-order chi connectivity index (χ1) is 8.65. The molecule has 0 saturated heterocycles. The van der Waals surface area contributed by atoms with Crippen LogP contribution in [-0.2, 0) is 6.54 Å². The summed E-state index contributed by atoms with van der Waals surface area (Å²) in [6.45, 7) is 5.25. The Balaban J connectivity index is 2.21. The minimum Gasteiger partial charge on any atom is -0.310 e. The predicted molar refractivity (Wildman–Crippen MR) is 81.6 cm³/mol. The predicted octanol–water partition coefficient (Wildman–Crippen LogP) is 4.61.